The number of hydrogen-bond acceptors (Lipinski definition) is 7. The zero-order valence-corrected chi connectivity index (χ0v) is 17.8. The van der Waals surface area contributed by atoms with E-state index >= 15 is 0 Å². The van der Waals surface area contributed by atoms with Gasteiger partial charge in [-0.3, -0.25) is 14.6 Å². The lowest BCUT2D eigenvalue weighted by molar-refractivity contribution is 0.0660. The second kappa shape index (κ2) is 10.4. The summed E-state index contributed by atoms with van der Waals surface area (Å²) in [7, 11) is 4.62. The standard InChI is InChI=1S/C23H30N2O5/c1-28-18-13-21(29-2)23(22(14-18)30-3)20(27)16-25-11-9-24(10-12-25)15-19(26)17-7-5-4-6-8-17/h4-8,13-14,19,26H,9-12,15-16H2,1-3H3. The first kappa shape index (κ1) is 22.1. The Morgan fingerprint density at radius 3 is 2.03 bits per heavy atom. The predicted molar refractivity (Wildman–Crippen MR) is 115 cm³/mol. The highest BCUT2D eigenvalue weighted by molar-refractivity contribution is 6.03. The van der Waals surface area contributed by atoms with Gasteiger partial charge in [0.05, 0.1) is 34.0 Å². The van der Waals surface area contributed by atoms with Gasteiger partial charge in [0.15, 0.2) is 5.78 Å². The van der Waals surface area contributed by atoms with Crippen molar-refractivity contribution in [1.29, 1.82) is 0 Å². The van der Waals surface area contributed by atoms with Crippen LogP contribution in [0.4, 0.5) is 0 Å². The highest BCUT2D eigenvalue weighted by atomic mass is 16.5. The van der Waals surface area contributed by atoms with Crippen LogP contribution in [0.5, 0.6) is 17.2 Å². The summed E-state index contributed by atoms with van der Waals surface area (Å²) in [6, 6.07) is 13.1. The Balaban J connectivity index is 1.58. The number of methoxy groups -OCH3 is 3. The number of carbonyl (C=O) groups is 1. The molecule has 1 fully saturated rings. The quantitative estimate of drug-likeness (QED) is 0.631. The van der Waals surface area contributed by atoms with Crippen molar-refractivity contribution in [1.82, 2.24) is 9.80 Å². The third-order valence-corrected chi connectivity index (χ3v) is 5.44. The summed E-state index contributed by atoms with van der Waals surface area (Å²) in [4.78, 5) is 17.4. The van der Waals surface area contributed by atoms with Crippen molar-refractivity contribution in [3.05, 3.63) is 53.6 Å². The molecule has 1 unspecified atom stereocenters. The van der Waals surface area contributed by atoms with Crippen LogP contribution in [0.3, 0.4) is 0 Å². The van der Waals surface area contributed by atoms with E-state index < -0.39 is 6.10 Å². The molecule has 7 nitrogen and oxygen atoms in total. The predicted octanol–water partition coefficient (Wildman–Crippen LogP) is 2.25. The minimum atomic E-state index is -0.507. The normalized spacial score (nSPS) is 16.1. The summed E-state index contributed by atoms with van der Waals surface area (Å²) in [6.45, 7) is 3.99. The lowest BCUT2D eigenvalue weighted by Gasteiger charge is -2.35. The lowest BCUT2D eigenvalue weighted by atomic mass is 10.1. The van der Waals surface area contributed by atoms with E-state index in [0.29, 0.717) is 29.4 Å². The molecule has 0 aromatic heterocycles. The number of β-amino-alcohol motifs (C(OH)–C–C–N with tert-alkyl or cyclic N) is 1. The van der Waals surface area contributed by atoms with Crippen molar-refractivity contribution in [2.45, 2.75) is 6.10 Å². The maximum absolute atomic E-state index is 13.0. The monoisotopic (exact) mass is 414 g/mol. The number of aliphatic hydroxyl groups excluding tert-OH is 1. The van der Waals surface area contributed by atoms with Gasteiger partial charge in [-0.05, 0) is 5.56 Å². The van der Waals surface area contributed by atoms with E-state index in [4.69, 9.17) is 14.2 Å². The molecule has 0 saturated carbocycles. The fraction of sp³-hybridized carbons (Fsp3) is 0.435. The van der Waals surface area contributed by atoms with Crippen LogP contribution in [0.2, 0.25) is 0 Å². The second-order valence-electron chi connectivity index (χ2n) is 7.33. The molecule has 0 aliphatic carbocycles. The maximum Gasteiger partial charge on any atom is 0.184 e. The molecule has 1 heterocycles. The average molecular weight is 415 g/mol. The van der Waals surface area contributed by atoms with Gasteiger partial charge in [-0.2, -0.15) is 0 Å². The number of nitrogens with zero attached hydrogens (tertiary/aromatic N) is 2. The number of carbonyl (C=O) groups excluding carboxylic acids is 1. The first-order valence-electron chi connectivity index (χ1n) is 10.1. The number of hydrogen-bond donors (Lipinski definition) is 1. The van der Waals surface area contributed by atoms with Crippen molar-refractivity contribution in [3.63, 3.8) is 0 Å². The van der Waals surface area contributed by atoms with Crippen LogP contribution in [0.25, 0.3) is 0 Å². The van der Waals surface area contributed by atoms with E-state index in [2.05, 4.69) is 9.80 Å². The van der Waals surface area contributed by atoms with Crippen molar-refractivity contribution in [2.75, 3.05) is 60.6 Å². The SMILES string of the molecule is COc1cc(OC)c(C(=O)CN2CCN(CC(O)c3ccccc3)CC2)c(OC)c1. The second-order valence-corrected chi connectivity index (χ2v) is 7.33. The lowest BCUT2D eigenvalue weighted by Crippen LogP contribution is -2.48. The molecule has 2 aromatic rings. The Morgan fingerprint density at radius 2 is 1.50 bits per heavy atom. The number of piperazine rings is 1. The number of rotatable bonds is 9. The molecular weight excluding hydrogens is 384 g/mol. The average Bonchev–Trinajstić information content (AvgIpc) is 2.79. The fourth-order valence-electron chi connectivity index (χ4n) is 3.72. The van der Waals surface area contributed by atoms with E-state index in [1.807, 2.05) is 30.3 Å². The molecule has 3 rings (SSSR count). The summed E-state index contributed by atoms with van der Waals surface area (Å²) in [5, 5.41) is 10.4. The van der Waals surface area contributed by atoms with Gasteiger partial charge in [0.1, 0.15) is 22.8 Å². The van der Waals surface area contributed by atoms with Gasteiger partial charge in [0, 0.05) is 44.9 Å². The van der Waals surface area contributed by atoms with Crippen LogP contribution in [-0.2, 0) is 0 Å². The number of aliphatic hydroxyl groups is 1. The molecule has 1 saturated heterocycles. The van der Waals surface area contributed by atoms with Crippen LogP contribution >= 0.6 is 0 Å². The van der Waals surface area contributed by atoms with Crippen LogP contribution < -0.4 is 14.2 Å². The molecule has 1 atom stereocenters. The van der Waals surface area contributed by atoms with Gasteiger partial charge in [-0.25, -0.2) is 0 Å². The highest BCUT2D eigenvalue weighted by Crippen LogP contribution is 2.34. The molecule has 0 bridgehead atoms. The molecule has 7 heteroatoms. The molecule has 0 amide bonds. The van der Waals surface area contributed by atoms with Gasteiger partial charge in [0.2, 0.25) is 0 Å². The zero-order chi connectivity index (χ0) is 21.5. The summed E-state index contributed by atoms with van der Waals surface area (Å²) >= 11 is 0. The van der Waals surface area contributed by atoms with E-state index in [9.17, 15) is 9.90 Å². The molecule has 0 spiro atoms. The van der Waals surface area contributed by atoms with Gasteiger partial charge in [-0.1, -0.05) is 30.3 Å². The fourth-order valence-corrected chi connectivity index (χ4v) is 3.72. The summed E-state index contributed by atoms with van der Waals surface area (Å²) in [5.41, 5.74) is 1.36. The van der Waals surface area contributed by atoms with Crippen LogP contribution in [-0.4, -0.2) is 81.3 Å². The molecule has 30 heavy (non-hydrogen) atoms. The van der Waals surface area contributed by atoms with Crippen molar-refractivity contribution < 1.29 is 24.1 Å². The van der Waals surface area contributed by atoms with Crippen LogP contribution in [0, 0.1) is 0 Å². The number of ketones is 1. The van der Waals surface area contributed by atoms with Crippen LogP contribution in [0.1, 0.15) is 22.0 Å². The number of ether oxygens (including phenoxy) is 3. The van der Waals surface area contributed by atoms with Gasteiger partial charge >= 0.3 is 0 Å². The first-order valence-corrected chi connectivity index (χ1v) is 10.1. The highest BCUT2D eigenvalue weighted by Gasteiger charge is 2.25. The Morgan fingerprint density at radius 1 is 0.933 bits per heavy atom. The molecular formula is C23H30N2O5. The van der Waals surface area contributed by atoms with Gasteiger partial charge < -0.3 is 19.3 Å². The maximum atomic E-state index is 13.0. The third kappa shape index (κ3) is 5.30. The number of Topliss-reactive ketones (excluding diaryl/α,β-unsaturated/α-hetero) is 1. The Kier molecular flexibility index (Phi) is 7.68. The van der Waals surface area contributed by atoms with Crippen LogP contribution in [0.15, 0.2) is 42.5 Å². The van der Waals surface area contributed by atoms with Crippen molar-refractivity contribution in [2.24, 2.45) is 0 Å². The summed E-state index contributed by atoms with van der Waals surface area (Å²) < 4.78 is 16.1. The van der Waals surface area contributed by atoms with E-state index in [-0.39, 0.29) is 12.3 Å². The van der Waals surface area contributed by atoms with E-state index in [0.717, 1.165) is 31.7 Å². The van der Waals surface area contributed by atoms with Gasteiger partial charge in [-0.15, -0.1) is 0 Å². The number of benzene rings is 2. The smallest absolute Gasteiger partial charge is 0.184 e. The largest absolute Gasteiger partial charge is 0.496 e. The minimum absolute atomic E-state index is 0.0517. The first-order chi connectivity index (χ1) is 14.5. The van der Waals surface area contributed by atoms with E-state index in [1.54, 1.807) is 19.2 Å². The Hall–Kier alpha value is -2.61. The van der Waals surface area contributed by atoms with Gasteiger partial charge in [0.25, 0.3) is 0 Å². The summed E-state index contributed by atoms with van der Waals surface area (Å²) in [6.07, 6.45) is -0.507. The Bertz CT molecular complexity index is 810. The molecule has 1 aliphatic rings. The molecule has 162 valence electrons. The van der Waals surface area contributed by atoms with Crippen molar-refractivity contribution >= 4 is 5.78 Å². The third-order valence-electron chi connectivity index (χ3n) is 5.44. The topological polar surface area (TPSA) is 71.5 Å². The molecule has 1 aliphatic heterocycles. The molecule has 0 radical (unpaired) electrons. The summed E-state index contributed by atoms with van der Waals surface area (Å²) in [5.74, 6) is 1.41. The zero-order valence-electron chi connectivity index (χ0n) is 17.8. The van der Waals surface area contributed by atoms with Crippen molar-refractivity contribution in [3.8, 4) is 17.2 Å². The molecule has 2 aromatic carbocycles. The minimum Gasteiger partial charge on any atom is -0.496 e. The van der Waals surface area contributed by atoms with E-state index in [1.165, 1.54) is 14.2 Å². The Labute approximate surface area is 177 Å². The molecule has 1 N–H and O–H groups in total.